The molecule has 2 N–H and O–H groups in total. The molecule has 0 bridgehead atoms. The zero-order valence-corrected chi connectivity index (χ0v) is 13.9. The molecule has 0 aliphatic heterocycles. The van der Waals surface area contributed by atoms with Gasteiger partial charge in [-0.2, -0.15) is 13.2 Å². The highest BCUT2D eigenvalue weighted by Crippen LogP contribution is 2.29. The Morgan fingerprint density at radius 2 is 1.50 bits per heavy atom. The fourth-order valence-corrected chi connectivity index (χ4v) is 2.19. The zero-order valence-electron chi connectivity index (χ0n) is 13.9. The molecule has 2 aromatic carbocycles. The molecule has 0 aliphatic rings. The summed E-state index contributed by atoms with van der Waals surface area (Å²) >= 11 is 0. The Kier molecular flexibility index (Phi) is 5.21. The fourth-order valence-electron chi connectivity index (χ4n) is 2.19. The molecule has 0 fully saturated rings. The van der Waals surface area contributed by atoms with E-state index in [1.165, 1.54) is 18.2 Å². The predicted molar refractivity (Wildman–Crippen MR) is 91.1 cm³/mol. The number of alkyl halides is 3. The van der Waals surface area contributed by atoms with Gasteiger partial charge in [0.25, 0.3) is 5.91 Å². The largest absolute Gasteiger partial charge is 0.416 e. The lowest BCUT2D eigenvalue weighted by Gasteiger charge is -2.09. The Hall–Kier alpha value is -3.56. The van der Waals surface area contributed by atoms with E-state index in [9.17, 15) is 26.7 Å². The Balaban J connectivity index is 1.66. The van der Waals surface area contributed by atoms with Crippen LogP contribution in [-0.2, 0) is 6.18 Å². The monoisotopic (exact) mass is 394 g/mol. The van der Waals surface area contributed by atoms with Crippen molar-refractivity contribution in [2.24, 2.45) is 0 Å². The van der Waals surface area contributed by atoms with Crippen molar-refractivity contribution in [1.82, 2.24) is 10.2 Å². The van der Waals surface area contributed by atoms with Crippen LogP contribution in [0.5, 0.6) is 0 Å². The maximum atomic E-state index is 13.6. The van der Waals surface area contributed by atoms with Crippen LogP contribution in [0.4, 0.5) is 39.3 Å². The van der Waals surface area contributed by atoms with E-state index in [-0.39, 0.29) is 22.9 Å². The Labute approximate surface area is 155 Å². The minimum Gasteiger partial charge on any atom is -0.336 e. The van der Waals surface area contributed by atoms with Crippen LogP contribution in [0.2, 0.25) is 0 Å². The van der Waals surface area contributed by atoms with Gasteiger partial charge in [0.05, 0.1) is 11.3 Å². The number of carbonyl (C=O) groups excluding carboxylic acids is 1. The lowest BCUT2D eigenvalue weighted by atomic mass is 10.1. The topological polar surface area (TPSA) is 66.9 Å². The molecule has 1 amide bonds. The van der Waals surface area contributed by atoms with Crippen molar-refractivity contribution in [2.75, 3.05) is 10.6 Å². The first kappa shape index (κ1) is 19.2. The number of carbonyl (C=O) groups is 1. The van der Waals surface area contributed by atoms with Gasteiger partial charge in [-0.05, 0) is 48.5 Å². The Bertz CT molecular complexity index is 988. The molecule has 0 saturated heterocycles. The second-order valence-corrected chi connectivity index (χ2v) is 5.58. The fraction of sp³-hybridized carbons (Fsp3) is 0.0556. The average molecular weight is 394 g/mol. The van der Waals surface area contributed by atoms with Crippen molar-refractivity contribution in [3.05, 3.63) is 77.4 Å². The molecule has 3 rings (SSSR count). The minimum absolute atomic E-state index is 0.00499. The molecular formula is C18H11F5N4O. The molecule has 28 heavy (non-hydrogen) atoms. The Morgan fingerprint density at radius 1 is 0.857 bits per heavy atom. The number of nitrogens with zero attached hydrogens (tertiary/aromatic N) is 2. The molecule has 10 heteroatoms. The first-order valence-corrected chi connectivity index (χ1v) is 7.77. The number of hydrogen-bond acceptors (Lipinski definition) is 4. The average Bonchev–Trinajstić information content (AvgIpc) is 2.65. The van der Waals surface area contributed by atoms with Crippen molar-refractivity contribution < 1.29 is 26.7 Å². The van der Waals surface area contributed by atoms with Crippen molar-refractivity contribution in [2.45, 2.75) is 6.18 Å². The van der Waals surface area contributed by atoms with Crippen LogP contribution in [-0.4, -0.2) is 16.1 Å². The van der Waals surface area contributed by atoms with Gasteiger partial charge in [-0.25, -0.2) is 8.78 Å². The van der Waals surface area contributed by atoms with Gasteiger partial charge < -0.3 is 10.6 Å². The summed E-state index contributed by atoms with van der Waals surface area (Å²) in [5.74, 6) is -2.04. The predicted octanol–water partition coefficient (Wildman–Crippen LogP) is 4.77. The lowest BCUT2D eigenvalue weighted by molar-refractivity contribution is -0.137. The molecule has 0 saturated carbocycles. The molecule has 0 unspecified atom stereocenters. The van der Waals surface area contributed by atoms with Crippen molar-refractivity contribution in [3.8, 4) is 0 Å². The first-order valence-electron chi connectivity index (χ1n) is 7.77. The minimum atomic E-state index is -4.49. The van der Waals surface area contributed by atoms with Crippen LogP contribution in [0.15, 0.2) is 54.6 Å². The van der Waals surface area contributed by atoms with E-state index in [0.29, 0.717) is 6.07 Å². The van der Waals surface area contributed by atoms with E-state index in [4.69, 9.17) is 0 Å². The van der Waals surface area contributed by atoms with Gasteiger partial charge in [-0.3, -0.25) is 4.79 Å². The van der Waals surface area contributed by atoms with Gasteiger partial charge in [0.2, 0.25) is 0 Å². The number of amides is 1. The third-order valence-corrected chi connectivity index (χ3v) is 3.57. The number of aromatic nitrogens is 2. The van der Waals surface area contributed by atoms with Crippen molar-refractivity contribution in [1.29, 1.82) is 0 Å². The molecule has 0 atom stereocenters. The van der Waals surface area contributed by atoms with Gasteiger partial charge in [0, 0.05) is 11.6 Å². The third-order valence-electron chi connectivity index (χ3n) is 3.57. The summed E-state index contributed by atoms with van der Waals surface area (Å²) in [5.41, 5.74) is -0.880. The summed E-state index contributed by atoms with van der Waals surface area (Å²) in [4.78, 5) is 12.1. The standard InChI is InChI=1S/C18H11F5N4O/c19-12-5-6-14(13(20)9-12)24-15-7-8-16(27-26-15)25-17(28)10-1-3-11(4-2-10)18(21,22)23/h1-9H,(H,24,26)(H,25,27,28). The van der Waals surface area contributed by atoms with E-state index in [1.54, 1.807) is 0 Å². The number of rotatable bonds is 4. The van der Waals surface area contributed by atoms with Gasteiger partial charge in [0.1, 0.15) is 11.6 Å². The molecule has 1 aromatic heterocycles. The van der Waals surface area contributed by atoms with E-state index in [0.717, 1.165) is 30.3 Å². The van der Waals surface area contributed by atoms with Crippen molar-refractivity contribution >= 4 is 23.2 Å². The first-order chi connectivity index (χ1) is 13.2. The smallest absolute Gasteiger partial charge is 0.336 e. The van der Waals surface area contributed by atoms with Crippen LogP contribution in [0.1, 0.15) is 15.9 Å². The quantitative estimate of drug-likeness (QED) is 0.626. The third kappa shape index (κ3) is 4.58. The number of nitrogens with one attached hydrogen (secondary N) is 2. The van der Waals surface area contributed by atoms with E-state index in [1.807, 2.05) is 0 Å². The summed E-state index contributed by atoms with van der Waals surface area (Å²) < 4.78 is 64.1. The van der Waals surface area contributed by atoms with Gasteiger partial charge in [-0.1, -0.05) is 0 Å². The Morgan fingerprint density at radius 3 is 2.07 bits per heavy atom. The number of halogens is 5. The summed E-state index contributed by atoms with van der Waals surface area (Å²) in [6.07, 6.45) is -4.49. The SMILES string of the molecule is O=C(Nc1ccc(Nc2ccc(F)cc2F)nn1)c1ccc(C(F)(F)F)cc1. The molecule has 3 aromatic rings. The van der Waals surface area contributed by atoms with Crippen LogP contribution in [0.3, 0.4) is 0 Å². The second-order valence-electron chi connectivity index (χ2n) is 5.58. The normalized spacial score (nSPS) is 11.2. The van der Waals surface area contributed by atoms with Gasteiger partial charge >= 0.3 is 6.18 Å². The molecule has 0 radical (unpaired) electrons. The van der Waals surface area contributed by atoms with E-state index in [2.05, 4.69) is 20.8 Å². The van der Waals surface area contributed by atoms with Gasteiger partial charge in [-0.15, -0.1) is 10.2 Å². The number of anilines is 3. The molecule has 0 spiro atoms. The molecular weight excluding hydrogens is 383 g/mol. The van der Waals surface area contributed by atoms with Crippen LogP contribution >= 0.6 is 0 Å². The molecule has 144 valence electrons. The zero-order chi connectivity index (χ0) is 20.3. The lowest BCUT2D eigenvalue weighted by Crippen LogP contribution is -2.14. The molecule has 1 heterocycles. The van der Waals surface area contributed by atoms with Crippen molar-refractivity contribution in [3.63, 3.8) is 0 Å². The molecule has 0 aliphatic carbocycles. The highest BCUT2D eigenvalue weighted by Gasteiger charge is 2.30. The molecule has 5 nitrogen and oxygen atoms in total. The highest BCUT2D eigenvalue weighted by molar-refractivity contribution is 6.03. The highest BCUT2D eigenvalue weighted by atomic mass is 19.4. The summed E-state index contributed by atoms with van der Waals surface area (Å²) in [6, 6.07) is 9.38. The number of benzene rings is 2. The van der Waals surface area contributed by atoms with E-state index >= 15 is 0 Å². The van der Waals surface area contributed by atoms with Crippen LogP contribution < -0.4 is 10.6 Å². The number of hydrogen-bond donors (Lipinski definition) is 2. The summed E-state index contributed by atoms with van der Waals surface area (Å²) in [5, 5.41) is 12.4. The summed E-state index contributed by atoms with van der Waals surface area (Å²) in [7, 11) is 0. The van der Waals surface area contributed by atoms with Crippen LogP contribution in [0.25, 0.3) is 0 Å². The van der Waals surface area contributed by atoms with Crippen LogP contribution in [0, 0.1) is 11.6 Å². The maximum Gasteiger partial charge on any atom is 0.416 e. The van der Waals surface area contributed by atoms with Gasteiger partial charge in [0.15, 0.2) is 11.6 Å². The van der Waals surface area contributed by atoms with E-state index < -0.39 is 29.3 Å². The maximum absolute atomic E-state index is 13.6. The second kappa shape index (κ2) is 7.59. The summed E-state index contributed by atoms with van der Waals surface area (Å²) in [6.45, 7) is 0.